The maximum Gasteiger partial charge on any atom is 0.387 e. The minimum Gasteiger partial charge on any atom is -0.478 e. The second-order valence-electron chi connectivity index (χ2n) is 2.30. The maximum atomic E-state index is 11.8. The minimum atomic E-state index is -2.98. The lowest BCUT2D eigenvalue weighted by atomic mass is 10.2. The SMILES string of the molecule is O=C(O)c1cccc(OC(F)F)c1Br. The lowest BCUT2D eigenvalue weighted by Gasteiger charge is -2.07. The van der Waals surface area contributed by atoms with E-state index in [1.54, 1.807) is 0 Å². The van der Waals surface area contributed by atoms with Crippen LogP contribution in [0.3, 0.4) is 0 Å². The van der Waals surface area contributed by atoms with Gasteiger partial charge in [-0.15, -0.1) is 0 Å². The molecule has 0 saturated heterocycles. The van der Waals surface area contributed by atoms with Gasteiger partial charge in [0.25, 0.3) is 0 Å². The predicted octanol–water partition coefficient (Wildman–Crippen LogP) is 2.75. The molecule has 6 heteroatoms. The van der Waals surface area contributed by atoms with Crippen LogP contribution in [-0.4, -0.2) is 17.7 Å². The molecule has 0 spiro atoms. The first-order valence-electron chi connectivity index (χ1n) is 3.49. The highest BCUT2D eigenvalue weighted by Crippen LogP contribution is 2.29. The molecule has 1 N–H and O–H groups in total. The second kappa shape index (κ2) is 4.36. The molecule has 1 rings (SSSR count). The van der Waals surface area contributed by atoms with Crippen molar-refractivity contribution in [1.29, 1.82) is 0 Å². The monoisotopic (exact) mass is 266 g/mol. The number of alkyl halides is 2. The Hall–Kier alpha value is -1.17. The van der Waals surface area contributed by atoms with E-state index >= 15 is 0 Å². The van der Waals surface area contributed by atoms with E-state index in [-0.39, 0.29) is 15.8 Å². The second-order valence-corrected chi connectivity index (χ2v) is 3.09. The summed E-state index contributed by atoms with van der Waals surface area (Å²) in [5.74, 6) is -1.41. The number of ether oxygens (including phenoxy) is 1. The number of rotatable bonds is 3. The van der Waals surface area contributed by atoms with E-state index in [0.29, 0.717) is 0 Å². The van der Waals surface area contributed by atoms with Crippen molar-refractivity contribution in [2.45, 2.75) is 6.61 Å². The zero-order valence-electron chi connectivity index (χ0n) is 6.71. The van der Waals surface area contributed by atoms with Crippen molar-refractivity contribution >= 4 is 21.9 Å². The van der Waals surface area contributed by atoms with Crippen LogP contribution in [0.25, 0.3) is 0 Å². The fourth-order valence-electron chi connectivity index (χ4n) is 0.863. The Morgan fingerprint density at radius 1 is 1.50 bits per heavy atom. The number of benzene rings is 1. The van der Waals surface area contributed by atoms with Crippen molar-refractivity contribution in [1.82, 2.24) is 0 Å². The number of hydrogen-bond donors (Lipinski definition) is 1. The van der Waals surface area contributed by atoms with Gasteiger partial charge in [0.15, 0.2) is 0 Å². The first-order chi connectivity index (χ1) is 6.52. The summed E-state index contributed by atoms with van der Waals surface area (Å²) in [4.78, 5) is 10.6. The molecule has 0 aromatic heterocycles. The van der Waals surface area contributed by atoms with Crippen molar-refractivity contribution in [3.8, 4) is 5.75 Å². The van der Waals surface area contributed by atoms with Crippen LogP contribution in [0.5, 0.6) is 5.75 Å². The molecular weight excluding hydrogens is 262 g/mol. The van der Waals surface area contributed by atoms with Crippen molar-refractivity contribution in [3.05, 3.63) is 28.2 Å². The van der Waals surface area contributed by atoms with Crippen molar-refractivity contribution < 1.29 is 23.4 Å². The lowest BCUT2D eigenvalue weighted by molar-refractivity contribution is -0.0504. The highest BCUT2D eigenvalue weighted by atomic mass is 79.9. The van der Waals surface area contributed by atoms with Crippen molar-refractivity contribution in [2.75, 3.05) is 0 Å². The molecule has 1 aromatic rings. The molecule has 0 unspecified atom stereocenters. The standard InChI is InChI=1S/C8H5BrF2O3/c9-6-4(7(12)13)2-1-3-5(6)14-8(10)11/h1-3,8H,(H,12,13). The maximum absolute atomic E-state index is 11.8. The van der Waals surface area contributed by atoms with Crippen LogP contribution in [0.1, 0.15) is 10.4 Å². The quantitative estimate of drug-likeness (QED) is 0.915. The third-order valence-corrected chi connectivity index (χ3v) is 2.23. The van der Waals surface area contributed by atoms with Crippen molar-refractivity contribution in [3.63, 3.8) is 0 Å². The van der Waals surface area contributed by atoms with E-state index in [1.807, 2.05) is 0 Å². The molecule has 0 aliphatic rings. The molecule has 76 valence electrons. The summed E-state index contributed by atoms with van der Waals surface area (Å²) < 4.78 is 27.8. The van der Waals surface area contributed by atoms with Crippen LogP contribution in [0.2, 0.25) is 0 Å². The van der Waals surface area contributed by atoms with Gasteiger partial charge in [0.05, 0.1) is 10.0 Å². The molecule has 0 amide bonds. The summed E-state index contributed by atoms with van der Waals surface area (Å²) in [6.07, 6.45) is 0. The highest BCUT2D eigenvalue weighted by Gasteiger charge is 2.14. The van der Waals surface area contributed by atoms with Gasteiger partial charge in [0.1, 0.15) is 5.75 Å². The Morgan fingerprint density at radius 3 is 2.64 bits per heavy atom. The normalized spacial score (nSPS) is 10.3. The number of hydrogen-bond acceptors (Lipinski definition) is 2. The minimum absolute atomic E-state index is 0.00722. The summed E-state index contributed by atoms with van der Waals surface area (Å²) in [6.45, 7) is -2.98. The highest BCUT2D eigenvalue weighted by molar-refractivity contribution is 9.10. The molecule has 0 aliphatic heterocycles. The van der Waals surface area contributed by atoms with Crippen LogP contribution in [0, 0.1) is 0 Å². The fraction of sp³-hybridized carbons (Fsp3) is 0.125. The van der Waals surface area contributed by atoms with Gasteiger partial charge in [-0.2, -0.15) is 8.78 Å². The molecule has 1 aromatic carbocycles. The van der Waals surface area contributed by atoms with Crippen LogP contribution in [-0.2, 0) is 0 Å². The van der Waals surface area contributed by atoms with Crippen LogP contribution in [0.15, 0.2) is 22.7 Å². The molecule has 0 fully saturated rings. The molecule has 0 saturated carbocycles. The Morgan fingerprint density at radius 2 is 2.14 bits per heavy atom. The average Bonchev–Trinajstić information content (AvgIpc) is 2.07. The smallest absolute Gasteiger partial charge is 0.387 e. The van der Waals surface area contributed by atoms with Crippen molar-refractivity contribution in [2.24, 2.45) is 0 Å². The van der Waals surface area contributed by atoms with Gasteiger partial charge in [-0.25, -0.2) is 4.79 Å². The van der Waals surface area contributed by atoms with Gasteiger partial charge in [0.2, 0.25) is 0 Å². The van der Waals surface area contributed by atoms with Crippen LogP contribution >= 0.6 is 15.9 Å². The van der Waals surface area contributed by atoms with Gasteiger partial charge < -0.3 is 9.84 Å². The largest absolute Gasteiger partial charge is 0.478 e. The molecule has 0 radical (unpaired) electrons. The van der Waals surface area contributed by atoms with E-state index in [2.05, 4.69) is 20.7 Å². The topological polar surface area (TPSA) is 46.5 Å². The Balaban J connectivity index is 3.07. The van der Waals surface area contributed by atoms with E-state index in [9.17, 15) is 13.6 Å². The van der Waals surface area contributed by atoms with Gasteiger partial charge in [-0.05, 0) is 28.1 Å². The van der Waals surface area contributed by atoms with E-state index in [1.165, 1.54) is 18.2 Å². The zero-order chi connectivity index (χ0) is 10.7. The first-order valence-corrected chi connectivity index (χ1v) is 4.28. The Kier molecular flexibility index (Phi) is 3.40. The van der Waals surface area contributed by atoms with Gasteiger partial charge in [0, 0.05) is 0 Å². The third kappa shape index (κ3) is 2.41. The molecule has 0 atom stereocenters. The molecule has 0 heterocycles. The Labute approximate surface area is 86.4 Å². The van der Waals surface area contributed by atoms with E-state index in [4.69, 9.17) is 5.11 Å². The number of carboxylic acids is 1. The summed E-state index contributed by atoms with van der Waals surface area (Å²) in [5, 5.41) is 8.65. The molecule has 0 bridgehead atoms. The predicted molar refractivity (Wildman–Crippen MR) is 47.7 cm³/mol. The summed E-state index contributed by atoms with van der Waals surface area (Å²) >= 11 is 2.87. The molecule has 0 aliphatic carbocycles. The van der Waals surface area contributed by atoms with E-state index in [0.717, 1.165) is 0 Å². The summed E-state index contributed by atoms with van der Waals surface area (Å²) in [6, 6.07) is 3.86. The van der Waals surface area contributed by atoms with Gasteiger partial charge in [-0.3, -0.25) is 0 Å². The number of carboxylic acid groups (broad SMARTS) is 1. The third-order valence-electron chi connectivity index (χ3n) is 1.41. The van der Waals surface area contributed by atoms with Crippen LogP contribution in [0.4, 0.5) is 8.78 Å². The first kappa shape index (κ1) is 10.9. The van der Waals surface area contributed by atoms with Crippen LogP contribution < -0.4 is 4.74 Å². The molecule has 14 heavy (non-hydrogen) atoms. The average molecular weight is 267 g/mol. The molecule has 3 nitrogen and oxygen atoms in total. The Bertz CT molecular complexity index is 354. The molecular formula is C8H5BrF2O3. The fourth-order valence-corrected chi connectivity index (χ4v) is 1.39. The number of halogens is 3. The zero-order valence-corrected chi connectivity index (χ0v) is 8.29. The van der Waals surface area contributed by atoms with E-state index < -0.39 is 12.6 Å². The lowest BCUT2D eigenvalue weighted by Crippen LogP contribution is -2.05. The van der Waals surface area contributed by atoms with Gasteiger partial charge >= 0.3 is 12.6 Å². The summed E-state index contributed by atoms with van der Waals surface area (Å²) in [7, 11) is 0. The summed E-state index contributed by atoms with van der Waals surface area (Å²) in [5.41, 5.74) is -0.122. The number of aromatic carboxylic acids is 1. The van der Waals surface area contributed by atoms with Gasteiger partial charge in [-0.1, -0.05) is 6.07 Å². The number of carbonyl (C=O) groups is 1.